The Morgan fingerprint density at radius 3 is 1.68 bits per heavy atom. The first kappa shape index (κ1) is 25.1. The van der Waals surface area contributed by atoms with E-state index in [9.17, 15) is 14.4 Å². The van der Waals surface area contributed by atoms with Crippen LogP contribution in [0.1, 0.15) is 47.2 Å². The lowest BCUT2D eigenvalue weighted by molar-refractivity contribution is -0.148. The molecule has 0 aromatic heterocycles. The third-order valence-electron chi connectivity index (χ3n) is 8.45. The molecule has 0 spiro atoms. The number of alkyl halides is 2. The van der Waals surface area contributed by atoms with Gasteiger partial charge in [0.25, 0.3) is 0 Å². The SMILES string of the molecule is Cc1ccc(C)c(NC(=O)[C@H](C(C)C)N2C(=O)[C@@H]3[C@@H](C2=O)C2(Cl)c4ccccc4C3(Cl)c3ccccc32)c1. The Morgan fingerprint density at radius 1 is 0.816 bits per heavy atom. The second-order valence-corrected chi connectivity index (χ2v) is 12.2. The van der Waals surface area contributed by atoms with Gasteiger partial charge < -0.3 is 5.32 Å². The number of halogens is 2. The summed E-state index contributed by atoms with van der Waals surface area (Å²) in [5, 5.41) is 2.97. The van der Waals surface area contributed by atoms with Gasteiger partial charge >= 0.3 is 0 Å². The van der Waals surface area contributed by atoms with Gasteiger partial charge in [-0.25, -0.2) is 0 Å². The molecule has 1 saturated heterocycles. The molecule has 3 amide bonds. The second-order valence-electron chi connectivity index (χ2n) is 11.0. The van der Waals surface area contributed by atoms with Gasteiger partial charge in [0.2, 0.25) is 17.7 Å². The molecule has 3 aromatic carbocycles. The molecule has 3 aliphatic carbocycles. The van der Waals surface area contributed by atoms with Crippen molar-refractivity contribution in [2.45, 2.75) is 43.5 Å². The van der Waals surface area contributed by atoms with Crippen LogP contribution in [0.3, 0.4) is 0 Å². The first-order chi connectivity index (χ1) is 18.0. The summed E-state index contributed by atoms with van der Waals surface area (Å²) in [6.45, 7) is 7.51. The molecule has 7 heteroatoms. The standard InChI is InChI=1S/C31H28Cl2N2O3/c1-16(2)26(27(36)34-23-15-17(3)13-14-18(23)4)35-28(37)24-25(29(35)38)31(33)20-10-6-5-9-19(20)30(24,32)21-11-7-8-12-22(21)31/h5-16,24-26H,1-4H3,(H,34,36)/t24-,25-,26-,30?,31?/m0/s1. The second kappa shape index (κ2) is 8.42. The highest BCUT2D eigenvalue weighted by molar-refractivity contribution is 6.36. The van der Waals surface area contributed by atoms with Gasteiger partial charge in [0, 0.05) is 5.69 Å². The molecular weight excluding hydrogens is 519 g/mol. The van der Waals surface area contributed by atoms with Crippen molar-refractivity contribution < 1.29 is 14.4 Å². The van der Waals surface area contributed by atoms with Crippen LogP contribution < -0.4 is 5.32 Å². The summed E-state index contributed by atoms with van der Waals surface area (Å²) in [6.07, 6.45) is 0. The molecule has 0 unspecified atom stereocenters. The van der Waals surface area contributed by atoms with Crippen molar-refractivity contribution in [3.05, 3.63) is 100 Å². The maximum Gasteiger partial charge on any atom is 0.247 e. The van der Waals surface area contributed by atoms with E-state index in [0.717, 1.165) is 38.3 Å². The average molecular weight is 547 g/mol. The van der Waals surface area contributed by atoms with Crippen LogP contribution in [0.2, 0.25) is 0 Å². The number of benzene rings is 3. The lowest BCUT2D eigenvalue weighted by Gasteiger charge is -2.54. The molecule has 1 aliphatic heterocycles. The predicted molar refractivity (Wildman–Crippen MR) is 148 cm³/mol. The molecule has 1 N–H and O–H groups in total. The van der Waals surface area contributed by atoms with Crippen molar-refractivity contribution in [3.8, 4) is 0 Å². The Labute approximate surface area is 232 Å². The van der Waals surface area contributed by atoms with Crippen molar-refractivity contribution in [3.63, 3.8) is 0 Å². The highest BCUT2D eigenvalue weighted by Gasteiger charge is 2.73. The van der Waals surface area contributed by atoms with Crippen LogP contribution in [0.15, 0.2) is 66.7 Å². The van der Waals surface area contributed by atoms with E-state index >= 15 is 0 Å². The number of aryl methyl sites for hydroxylation is 2. The van der Waals surface area contributed by atoms with E-state index < -0.39 is 45.3 Å². The maximum atomic E-state index is 14.3. The average Bonchev–Trinajstić information content (AvgIpc) is 3.16. The number of anilines is 1. The summed E-state index contributed by atoms with van der Waals surface area (Å²) in [4.78, 5) is 41.0. The normalized spacial score (nSPS) is 27.7. The van der Waals surface area contributed by atoms with Crippen LogP contribution in [-0.2, 0) is 24.1 Å². The molecule has 194 valence electrons. The highest BCUT2D eigenvalue weighted by Crippen LogP contribution is 2.69. The number of hydrogen-bond acceptors (Lipinski definition) is 3. The van der Waals surface area contributed by atoms with E-state index in [2.05, 4.69) is 5.32 Å². The fraction of sp³-hybridized carbons (Fsp3) is 0.323. The summed E-state index contributed by atoms with van der Waals surface area (Å²) in [5.74, 6) is -3.54. The summed E-state index contributed by atoms with van der Waals surface area (Å²) >= 11 is 15.0. The van der Waals surface area contributed by atoms with Crippen molar-refractivity contribution >= 4 is 46.6 Å². The first-order valence-corrected chi connectivity index (χ1v) is 13.6. The highest BCUT2D eigenvalue weighted by atomic mass is 35.5. The van der Waals surface area contributed by atoms with Gasteiger partial charge in [0.15, 0.2) is 0 Å². The molecule has 1 fully saturated rings. The number of carbonyl (C=O) groups excluding carboxylic acids is 3. The van der Waals surface area contributed by atoms with Crippen LogP contribution in [0.4, 0.5) is 5.69 Å². The third kappa shape index (κ3) is 3.09. The summed E-state index contributed by atoms with van der Waals surface area (Å²) < 4.78 is 0. The van der Waals surface area contributed by atoms with Crippen LogP contribution in [0.5, 0.6) is 0 Å². The van der Waals surface area contributed by atoms with Crippen molar-refractivity contribution in [1.29, 1.82) is 0 Å². The van der Waals surface area contributed by atoms with Gasteiger partial charge in [-0.2, -0.15) is 0 Å². The minimum atomic E-state index is -1.28. The topological polar surface area (TPSA) is 66.5 Å². The predicted octanol–water partition coefficient (Wildman–Crippen LogP) is 5.86. The molecule has 0 saturated carbocycles. The number of likely N-dealkylation sites (tertiary alicyclic amines) is 1. The summed E-state index contributed by atoms with van der Waals surface area (Å²) in [7, 11) is 0. The first-order valence-electron chi connectivity index (χ1n) is 12.9. The van der Waals surface area contributed by atoms with Gasteiger partial charge in [0.1, 0.15) is 15.8 Å². The van der Waals surface area contributed by atoms with Crippen LogP contribution in [0.25, 0.3) is 0 Å². The number of amides is 3. The summed E-state index contributed by atoms with van der Waals surface area (Å²) in [5.41, 5.74) is 5.48. The van der Waals surface area contributed by atoms with Crippen LogP contribution in [-0.4, -0.2) is 28.7 Å². The number of carbonyl (C=O) groups is 3. The van der Waals surface area contributed by atoms with Gasteiger partial charge in [-0.1, -0.05) is 74.5 Å². The molecule has 7 rings (SSSR count). The van der Waals surface area contributed by atoms with Crippen molar-refractivity contribution in [1.82, 2.24) is 4.90 Å². The smallest absolute Gasteiger partial charge is 0.247 e. The van der Waals surface area contributed by atoms with E-state index in [0.29, 0.717) is 5.69 Å². The summed E-state index contributed by atoms with van der Waals surface area (Å²) in [6, 6.07) is 19.8. The largest absolute Gasteiger partial charge is 0.324 e. The molecule has 1 heterocycles. The molecule has 4 aliphatic rings. The zero-order valence-corrected chi connectivity index (χ0v) is 23.1. The van der Waals surface area contributed by atoms with E-state index in [4.69, 9.17) is 23.2 Å². The lowest BCUT2D eigenvalue weighted by atomic mass is 9.54. The fourth-order valence-corrected chi connectivity index (χ4v) is 7.86. The number of nitrogens with zero attached hydrogens (tertiary/aromatic N) is 1. The number of rotatable bonds is 4. The van der Waals surface area contributed by atoms with Crippen molar-refractivity contribution in [2.24, 2.45) is 17.8 Å². The van der Waals surface area contributed by atoms with Gasteiger partial charge in [-0.05, 0) is 59.2 Å². The Balaban J connectivity index is 1.49. The van der Waals surface area contributed by atoms with Crippen molar-refractivity contribution in [2.75, 3.05) is 5.32 Å². The maximum absolute atomic E-state index is 14.3. The quantitative estimate of drug-likeness (QED) is 0.329. The lowest BCUT2D eigenvalue weighted by Crippen LogP contribution is -2.57. The molecule has 5 nitrogen and oxygen atoms in total. The fourth-order valence-electron chi connectivity index (χ4n) is 6.76. The molecule has 38 heavy (non-hydrogen) atoms. The Hall–Kier alpha value is -3.15. The van der Waals surface area contributed by atoms with Gasteiger partial charge in [-0.3, -0.25) is 19.3 Å². The van der Waals surface area contributed by atoms with Gasteiger partial charge in [-0.15, -0.1) is 23.2 Å². The van der Waals surface area contributed by atoms with E-state index in [1.807, 2.05) is 94.4 Å². The zero-order valence-electron chi connectivity index (χ0n) is 21.6. The van der Waals surface area contributed by atoms with E-state index in [1.165, 1.54) is 0 Å². The number of imide groups is 1. The number of hydrogen-bond donors (Lipinski definition) is 1. The van der Waals surface area contributed by atoms with E-state index in [1.54, 1.807) is 0 Å². The molecule has 3 aromatic rings. The Morgan fingerprint density at radius 2 is 1.26 bits per heavy atom. The van der Waals surface area contributed by atoms with Crippen LogP contribution in [0, 0.1) is 31.6 Å². The Bertz CT molecular complexity index is 1410. The minimum Gasteiger partial charge on any atom is -0.324 e. The van der Waals surface area contributed by atoms with E-state index in [-0.39, 0.29) is 5.92 Å². The third-order valence-corrected chi connectivity index (χ3v) is 9.73. The monoisotopic (exact) mass is 546 g/mol. The molecular formula is C31H28Cl2N2O3. The van der Waals surface area contributed by atoms with Gasteiger partial charge in [0.05, 0.1) is 11.8 Å². The zero-order chi connectivity index (χ0) is 27.1. The molecule has 2 bridgehead atoms. The minimum absolute atomic E-state index is 0.340. The number of nitrogens with one attached hydrogen (secondary N) is 1. The van der Waals surface area contributed by atoms with Crippen LogP contribution >= 0.6 is 23.2 Å². The molecule has 0 radical (unpaired) electrons. The molecule has 3 atom stereocenters. The Kier molecular flexibility index (Phi) is 5.57.